The summed E-state index contributed by atoms with van der Waals surface area (Å²) < 4.78 is 0. The monoisotopic (exact) mass is 208 g/mol. The first-order valence-electron chi connectivity index (χ1n) is 2.99. The van der Waals surface area contributed by atoms with E-state index < -0.39 is 4.84 Å². The zero-order valence-corrected chi connectivity index (χ0v) is 8.13. The second-order valence-electron chi connectivity index (χ2n) is 2.10. The van der Waals surface area contributed by atoms with Crippen molar-refractivity contribution in [2.45, 2.75) is 11.8 Å². The smallest absolute Gasteiger partial charge is 0.205 e. The number of carbonyl (C=O) groups is 1. The fraction of sp³-hybridized carbons (Fsp3) is 0.286. The molecule has 11 heavy (non-hydrogen) atoms. The van der Waals surface area contributed by atoms with Gasteiger partial charge in [-0.1, -0.05) is 23.2 Å². The van der Waals surface area contributed by atoms with E-state index in [1.54, 1.807) is 0 Å². The van der Waals surface area contributed by atoms with Crippen LogP contribution in [0, 0.1) is 6.92 Å². The van der Waals surface area contributed by atoms with Gasteiger partial charge in [-0.3, -0.25) is 4.79 Å². The summed E-state index contributed by atoms with van der Waals surface area (Å²) in [5, 5.41) is 1.85. The van der Waals surface area contributed by atoms with Crippen LogP contribution in [0.1, 0.15) is 15.2 Å². The summed E-state index contributed by atoms with van der Waals surface area (Å²) in [6.45, 7) is 1.86. The third-order valence-corrected chi connectivity index (χ3v) is 2.71. The van der Waals surface area contributed by atoms with E-state index in [2.05, 4.69) is 0 Å². The molecule has 4 heteroatoms. The van der Waals surface area contributed by atoms with E-state index in [1.807, 2.05) is 18.4 Å². The van der Waals surface area contributed by atoms with Crippen LogP contribution in [0.3, 0.4) is 0 Å². The van der Waals surface area contributed by atoms with E-state index >= 15 is 0 Å². The number of ketones is 1. The van der Waals surface area contributed by atoms with Gasteiger partial charge in [-0.05, 0) is 23.9 Å². The molecule has 0 aliphatic carbocycles. The van der Waals surface area contributed by atoms with E-state index in [1.165, 1.54) is 11.3 Å². The van der Waals surface area contributed by atoms with Gasteiger partial charge in [0.2, 0.25) is 5.78 Å². The minimum absolute atomic E-state index is 0.208. The number of carbonyl (C=O) groups excluding carboxylic acids is 1. The summed E-state index contributed by atoms with van der Waals surface area (Å²) >= 11 is 12.2. The first-order chi connectivity index (χ1) is 5.13. The van der Waals surface area contributed by atoms with Crippen LogP contribution in [0.4, 0.5) is 0 Å². The molecule has 0 amide bonds. The molecule has 1 aromatic heterocycles. The predicted octanol–water partition coefficient (Wildman–Crippen LogP) is 3.04. The summed E-state index contributed by atoms with van der Waals surface area (Å²) in [7, 11) is 0. The van der Waals surface area contributed by atoms with Gasteiger partial charge in [0.25, 0.3) is 0 Å². The maximum Gasteiger partial charge on any atom is 0.205 e. The molecule has 0 aliphatic heterocycles. The SMILES string of the molecule is Cc1ccsc1C(=O)C(Cl)Cl. The van der Waals surface area contributed by atoms with E-state index in [9.17, 15) is 4.79 Å². The molecule has 0 radical (unpaired) electrons. The standard InChI is InChI=1S/C7H6Cl2OS/c1-4-2-3-11-6(4)5(10)7(8)9/h2-3,7H,1H3. The molecule has 0 spiro atoms. The molecule has 0 aromatic carbocycles. The van der Waals surface area contributed by atoms with Gasteiger partial charge >= 0.3 is 0 Å². The molecule has 0 saturated carbocycles. The zero-order chi connectivity index (χ0) is 8.43. The second kappa shape index (κ2) is 3.57. The second-order valence-corrected chi connectivity index (χ2v) is 4.11. The molecule has 0 bridgehead atoms. The Morgan fingerprint density at radius 1 is 1.64 bits per heavy atom. The van der Waals surface area contributed by atoms with Gasteiger partial charge in [0.05, 0.1) is 4.88 Å². The third-order valence-electron chi connectivity index (χ3n) is 1.28. The Bertz CT molecular complexity index is 267. The topological polar surface area (TPSA) is 17.1 Å². The average Bonchev–Trinajstić information content (AvgIpc) is 2.33. The van der Waals surface area contributed by atoms with Crippen molar-refractivity contribution < 1.29 is 4.79 Å². The van der Waals surface area contributed by atoms with E-state index in [-0.39, 0.29) is 5.78 Å². The number of halogens is 2. The molecule has 1 rings (SSSR count). The molecule has 1 nitrogen and oxygen atoms in total. The number of alkyl halides is 2. The summed E-state index contributed by atoms with van der Waals surface area (Å²) in [4.78, 5) is 10.9. The van der Waals surface area contributed by atoms with Crippen molar-refractivity contribution in [1.29, 1.82) is 0 Å². The normalized spacial score (nSPS) is 10.5. The Labute approximate surface area is 78.9 Å². The zero-order valence-electron chi connectivity index (χ0n) is 5.80. The van der Waals surface area contributed by atoms with Gasteiger partial charge in [0.1, 0.15) is 0 Å². The minimum atomic E-state index is -0.938. The molecule has 0 fully saturated rings. The van der Waals surface area contributed by atoms with Crippen LogP contribution in [0.25, 0.3) is 0 Å². The Hall–Kier alpha value is -0.0500. The maximum absolute atomic E-state index is 11.2. The summed E-state index contributed by atoms with van der Waals surface area (Å²) in [5.74, 6) is -0.208. The molecular weight excluding hydrogens is 203 g/mol. The predicted molar refractivity (Wildman–Crippen MR) is 48.9 cm³/mol. The lowest BCUT2D eigenvalue weighted by Gasteiger charge is -1.97. The van der Waals surface area contributed by atoms with Gasteiger partial charge < -0.3 is 0 Å². The van der Waals surface area contributed by atoms with Crippen molar-refractivity contribution in [1.82, 2.24) is 0 Å². The summed E-state index contributed by atoms with van der Waals surface area (Å²) in [5.41, 5.74) is 0.936. The average molecular weight is 209 g/mol. The Morgan fingerprint density at radius 2 is 2.27 bits per heavy atom. The first kappa shape index (κ1) is 9.04. The number of rotatable bonds is 2. The highest BCUT2D eigenvalue weighted by molar-refractivity contribution is 7.12. The van der Waals surface area contributed by atoms with Crippen molar-refractivity contribution >= 4 is 40.3 Å². The highest BCUT2D eigenvalue weighted by atomic mass is 35.5. The number of thiophene rings is 1. The third kappa shape index (κ3) is 1.95. The highest BCUT2D eigenvalue weighted by Crippen LogP contribution is 2.20. The molecule has 0 aliphatic rings. The lowest BCUT2D eigenvalue weighted by atomic mass is 10.2. The molecule has 0 atom stereocenters. The van der Waals surface area contributed by atoms with Gasteiger partial charge in [0, 0.05) is 0 Å². The van der Waals surface area contributed by atoms with Gasteiger partial charge in [0.15, 0.2) is 4.84 Å². The van der Waals surface area contributed by atoms with Crippen LogP contribution >= 0.6 is 34.5 Å². The van der Waals surface area contributed by atoms with Gasteiger partial charge in [-0.15, -0.1) is 11.3 Å². The molecular formula is C7H6Cl2OS. The van der Waals surface area contributed by atoms with E-state index in [0.29, 0.717) is 4.88 Å². The van der Waals surface area contributed by atoms with E-state index in [0.717, 1.165) is 5.56 Å². The fourth-order valence-corrected chi connectivity index (χ4v) is 1.97. The van der Waals surface area contributed by atoms with Crippen LogP contribution in [-0.2, 0) is 0 Å². The molecule has 0 saturated heterocycles. The molecule has 1 aromatic rings. The highest BCUT2D eigenvalue weighted by Gasteiger charge is 2.16. The van der Waals surface area contributed by atoms with Gasteiger partial charge in [-0.25, -0.2) is 0 Å². The molecule has 60 valence electrons. The van der Waals surface area contributed by atoms with E-state index in [4.69, 9.17) is 23.2 Å². The van der Waals surface area contributed by atoms with Crippen molar-refractivity contribution in [3.63, 3.8) is 0 Å². The van der Waals surface area contributed by atoms with Crippen LogP contribution in [0.15, 0.2) is 11.4 Å². The molecule has 0 N–H and O–H groups in total. The van der Waals surface area contributed by atoms with Crippen LogP contribution in [0.5, 0.6) is 0 Å². The lowest BCUT2D eigenvalue weighted by Crippen LogP contribution is -2.06. The molecule has 0 unspecified atom stereocenters. The van der Waals surface area contributed by atoms with Crippen LogP contribution in [-0.4, -0.2) is 10.6 Å². The maximum atomic E-state index is 11.2. The molecule has 1 heterocycles. The number of aryl methyl sites for hydroxylation is 1. The fourth-order valence-electron chi connectivity index (χ4n) is 0.724. The number of hydrogen-bond donors (Lipinski definition) is 0. The summed E-state index contributed by atoms with van der Waals surface area (Å²) in [6, 6.07) is 1.87. The Kier molecular flexibility index (Phi) is 2.93. The number of Topliss-reactive ketones (excluding diaryl/α,β-unsaturated/α-hetero) is 1. The van der Waals surface area contributed by atoms with Crippen molar-refractivity contribution in [2.24, 2.45) is 0 Å². The Balaban J connectivity index is 2.93. The largest absolute Gasteiger partial charge is 0.290 e. The Morgan fingerprint density at radius 3 is 2.64 bits per heavy atom. The quantitative estimate of drug-likeness (QED) is 0.540. The van der Waals surface area contributed by atoms with Crippen molar-refractivity contribution in [3.8, 4) is 0 Å². The van der Waals surface area contributed by atoms with Crippen molar-refractivity contribution in [3.05, 3.63) is 21.9 Å². The number of hydrogen-bond acceptors (Lipinski definition) is 2. The van der Waals surface area contributed by atoms with Crippen LogP contribution < -0.4 is 0 Å². The van der Waals surface area contributed by atoms with Gasteiger partial charge in [-0.2, -0.15) is 0 Å². The van der Waals surface area contributed by atoms with Crippen molar-refractivity contribution in [2.75, 3.05) is 0 Å². The lowest BCUT2D eigenvalue weighted by molar-refractivity contribution is 0.101. The minimum Gasteiger partial charge on any atom is -0.290 e. The van der Waals surface area contributed by atoms with Crippen LogP contribution in [0.2, 0.25) is 0 Å². The first-order valence-corrected chi connectivity index (χ1v) is 4.74. The summed E-state index contributed by atoms with van der Waals surface area (Å²) in [6.07, 6.45) is 0.